The van der Waals surface area contributed by atoms with Crippen molar-refractivity contribution in [1.29, 1.82) is 0 Å². The lowest BCUT2D eigenvalue weighted by molar-refractivity contribution is -0.104. The highest BCUT2D eigenvalue weighted by atomic mass is 19.3. The first-order chi connectivity index (χ1) is 9.56. The minimum atomic E-state index is -2.82. The average molecular weight is 300 g/mol. The highest BCUT2D eigenvalue weighted by molar-refractivity contribution is 5.67. The van der Waals surface area contributed by atoms with Gasteiger partial charge in [0.1, 0.15) is 11.9 Å². The number of aldehydes is 1. The van der Waals surface area contributed by atoms with Gasteiger partial charge < -0.3 is 10.2 Å². The van der Waals surface area contributed by atoms with E-state index < -0.39 is 29.1 Å². The first-order valence-corrected chi connectivity index (χ1v) is 6.78. The fraction of sp³-hybridized carbons (Fsp3) is 0.562. The van der Waals surface area contributed by atoms with Crippen LogP contribution in [0, 0.1) is 5.41 Å². The van der Waals surface area contributed by atoms with E-state index in [4.69, 9.17) is 0 Å². The van der Waals surface area contributed by atoms with E-state index >= 15 is 0 Å². The number of aliphatic hydroxyl groups is 2. The van der Waals surface area contributed by atoms with E-state index in [0.29, 0.717) is 11.9 Å². The molecule has 0 saturated carbocycles. The molecular weight excluding hydrogens is 278 g/mol. The Labute approximate surface area is 123 Å². The van der Waals surface area contributed by atoms with E-state index in [0.717, 1.165) is 0 Å². The first-order valence-electron chi connectivity index (χ1n) is 6.78. The van der Waals surface area contributed by atoms with E-state index in [9.17, 15) is 23.8 Å². The molecule has 2 unspecified atom stereocenters. The Hall–Kier alpha value is -1.33. The zero-order valence-electron chi connectivity index (χ0n) is 12.7. The highest BCUT2D eigenvalue weighted by Crippen LogP contribution is 2.48. The van der Waals surface area contributed by atoms with Crippen LogP contribution in [0.25, 0.3) is 0 Å². The Morgan fingerprint density at radius 2 is 2.00 bits per heavy atom. The third kappa shape index (κ3) is 3.30. The van der Waals surface area contributed by atoms with Crippen LogP contribution in [0.1, 0.15) is 34.1 Å². The van der Waals surface area contributed by atoms with Crippen molar-refractivity contribution < 1.29 is 23.8 Å². The largest absolute Gasteiger partial charge is 0.389 e. The summed E-state index contributed by atoms with van der Waals surface area (Å²) in [6, 6.07) is 0. The van der Waals surface area contributed by atoms with Gasteiger partial charge in [0.05, 0.1) is 6.10 Å². The van der Waals surface area contributed by atoms with Gasteiger partial charge in [-0.05, 0) is 43.6 Å². The number of carbonyl (C=O) groups excluding carboxylic acids is 1. The van der Waals surface area contributed by atoms with Crippen molar-refractivity contribution in [3.8, 4) is 0 Å². The quantitative estimate of drug-likeness (QED) is 0.363. The predicted octanol–water partition coefficient (Wildman–Crippen LogP) is 2.79. The van der Waals surface area contributed by atoms with Crippen molar-refractivity contribution in [2.75, 3.05) is 0 Å². The number of hydrogen-bond donors (Lipinski definition) is 2. The van der Waals surface area contributed by atoms with Gasteiger partial charge >= 0.3 is 0 Å². The standard InChI is InChI=1S/C16H22F2O3/c1-10(6-8-19)5-7-16(21)11(2)13(14(17)18)12(20)9-15(16,3)4/h5-8,12,14,20-21H,9H2,1-4H3/b7-5+,10-6-. The topological polar surface area (TPSA) is 57.5 Å². The number of alkyl halides is 2. The van der Waals surface area contributed by atoms with E-state index in [1.54, 1.807) is 20.8 Å². The van der Waals surface area contributed by atoms with Crippen molar-refractivity contribution >= 4 is 6.29 Å². The lowest BCUT2D eigenvalue weighted by atomic mass is 9.62. The fourth-order valence-corrected chi connectivity index (χ4v) is 2.80. The molecule has 118 valence electrons. The van der Waals surface area contributed by atoms with Gasteiger partial charge in [-0.1, -0.05) is 19.9 Å². The molecule has 1 aliphatic rings. The van der Waals surface area contributed by atoms with Crippen molar-refractivity contribution in [2.24, 2.45) is 5.41 Å². The van der Waals surface area contributed by atoms with E-state index in [2.05, 4.69) is 0 Å². The monoisotopic (exact) mass is 300 g/mol. The molecule has 0 aliphatic heterocycles. The molecule has 0 fully saturated rings. The maximum absolute atomic E-state index is 13.1. The van der Waals surface area contributed by atoms with Gasteiger partial charge in [0.2, 0.25) is 0 Å². The minimum Gasteiger partial charge on any atom is -0.389 e. The first kappa shape index (κ1) is 17.7. The second-order valence-electron chi connectivity index (χ2n) is 6.13. The van der Waals surface area contributed by atoms with E-state index in [1.165, 1.54) is 25.2 Å². The number of hydrogen-bond acceptors (Lipinski definition) is 3. The number of halogens is 2. The van der Waals surface area contributed by atoms with E-state index in [1.807, 2.05) is 0 Å². The maximum atomic E-state index is 13.1. The molecule has 0 aromatic rings. The van der Waals surface area contributed by atoms with Gasteiger partial charge in [0.25, 0.3) is 6.43 Å². The molecule has 3 nitrogen and oxygen atoms in total. The Morgan fingerprint density at radius 1 is 1.43 bits per heavy atom. The summed E-state index contributed by atoms with van der Waals surface area (Å²) in [5.74, 6) is 0. The van der Waals surface area contributed by atoms with Crippen LogP contribution in [0.2, 0.25) is 0 Å². The summed E-state index contributed by atoms with van der Waals surface area (Å²) < 4.78 is 26.3. The van der Waals surface area contributed by atoms with Crippen molar-refractivity contribution in [1.82, 2.24) is 0 Å². The van der Waals surface area contributed by atoms with Gasteiger partial charge in [0.15, 0.2) is 0 Å². The van der Waals surface area contributed by atoms with Gasteiger partial charge in [0, 0.05) is 11.0 Å². The second kappa shape index (κ2) is 6.20. The Balaban J connectivity index is 3.39. The molecule has 5 heteroatoms. The smallest absolute Gasteiger partial charge is 0.262 e. The average Bonchev–Trinajstić information content (AvgIpc) is 2.33. The molecule has 0 aromatic heterocycles. The molecule has 0 aromatic carbocycles. The molecule has 0 bridgehead atoms. The molecule has 21 heavy (non-hydrogen) atoms. The maximum Gasteiger partial charge on any atom is 0.262 e. The third-order valence-electron chi connectivity index (χ3n) is 4.25. The molecule has 0 spiro atoms. The third-order valence-corrected chi connectivity index (χ3v) is 4.25. The minimum absolute atomic E-state index is 0.0291. The molecule has 0 amide bonds. The van der Waals surface area contributed by atoms with Gasteiger partial charge in [-0.2, -0.15) is 0 Å². The van der Waals surface area contributed by atoms with Crippen LogP contribution in [0.15, 0.2) is 34.9 Å². The summed E-state index contributed by atoms with van der Waals surface area (Å²) >= 11 is 0. The SMILES string of the molecule is CC1=C(C(F)F)C(O)CC(C)(C)C1(O)/C=C/C(C)=C\C=O. The summed E-state index contributed by atoms with van der Waals surface area (Å²) in [4.78, 5) is 10.4. The molecule has 1 aliphatic carbocycles. The second-order valence-corrected chi connectivity index (χ2v) is 6.13. The van der Waals surface area contributed by atoms with Crippen LogP contribution in [-0.2, 0) is 4.79 Å². The molecule has 2 atom stereocenters. The molecule has 1 rings (SSSR count). The summed E-state index contributed by atoms with van der Waals surface area (Å²) in [7, 11) is 0. The fourth-order valence-electron chi connectivity index (χ4n) is 2.80. The van der Waals surface area contributed by atoms with Gasteiger partial charge in [-0.25, -0.2) is 8.78 Å². The van der Waals surface area contributed by atoms with Crippen LogP contribution in [0.4, 0.5) is 8.78 Å². The van der Waals surface area contributed by atoms with Gasteiger partial charge in [-0.15, -0.1) is 0 Å². The zero-order valence-corrected chi connectivity index (χ0v) is 12.7. The molecule has 0 radical (unpaired) electrons. The van der Waals surface area contributed by atoms with Gasteiger partial charge in [-0.3, -0.25) is 4.79 Å². The van der Waals surface area contributed by atoms with Crippen LogP contribution < -0.4 is 0 Å². The normalized spacial score (nSPS) is 30.3. The van der Waals surface area contributed by atoms with Crippen molar-refractivity contribution in [3.63, 3.8) is 0 Å². The van der Waals surface area contributed by atoms with Crippen LogP contribution >= 0.6 is 0 Å². The summed E-state index contributed by atoms with van der Waals surface area (Å²) in [6.45, 7) is 6.51. The Kier molecular flexibility index (Phi) is 5.23. The van der Waals surface area contributed by atoms with E-state index in [-0.39, 0.29) is 12.0 Å². The summed E-state index contributed by atoms with van der Waals surface area (Å²) in [5.41, 5.74) is -2.16. The van der Waals surface area contributed by atoms with Crippen LogP contribution in [-0.4, -0.2) is 34.6 Å². The number of aliphatic hydroxyl groups excluding tert-OH is 1. The lowest BCUT2D eigenvalue weighted by Crippen LogP contribution is -2.51. The Bertz CT molecular complexity index is 504. The van der Waals surface area contributed by atoms with Crippen LogP contribution in [0.5, 0.6) is 0 Å². The molecular formula is C16H22F2O3. The number of allylic oxidation sites excluding steroid dienone is 3. The summed E-state index contributed by atoms with van der Waals surface area (Å²) in [6.07, 6.45) is 0.834. The number of carbonyl (C=O) groups is 1. The Morgan fingerprint density at radius 3 is 2.48 bits per heavy atom. The lowest BCUT2D eigenvalue weighted by Gasteiger charge is -2.48. The highest BCUT2D eigenvalue weighted by Gasteiger charge is 2.50. The molecule has 2 N–H and O–H groups in total. The molecule has 0 saturated heterocycles. The van der Waals surface area contributed by atoms with Crippen molar-refractivity contribution in [3.05, 3.63) is 34.9 Å². The van der Waals surface area contributed by atoms with Crippen LogP contribution in [0.3, 0.4) is 0 Å². The molecule has 0 heterocycles. The van der Waals surface area contributed by atoms with Crippen molar-refractivity contribution in [2.45, 2.75) is 52.2 Å². The predicted molar refractivity (Wildman–Crippen MR) is 77.0 cm³/mol. The zero-order chi connectivity index (χ0) is 16.4. The number of rotatable bonds is 4. The summed E-state index contributed by atoms with van der Waals surface area (Å²) in [5, 5.41) is 20.8.